The molecule has 0 aromatic heterocycles. The van der Waals surface area contributed by atoms with E-state index in [0.717, 1.165) is 0 Å². The average molecular weight is 232 g/mol. The Kier molecular flexibility index (Phi) is 7.28. The Bertz CT molecular complexity index is 231. The zero-order valence-electron chi connectivity index (χ0n) is 9.77. The molecule has 2 amide bonds. The van der Waals surface area contributed by atoms with E-state index in [2.05, 4.69) is 5.32 Å². The van der Waals surface area contributed by atoms with Gasteiger partial charge in [0, 0.05) is 26.6 Å². The molecular formula is C10H20N2O4. The number of unbranched alkanes of at least 4 members (excludes halogenated alkanes) is 1. The van der Waals surface area contributed by atoms with Crippen LogP contribution in [0.15, 0.2) is 0 Å². The van der Waals surface area contributed by atoms with Crippen molar-refractivity contribution in [1.82, 2.24) is 10.2 Å². The number of carboxylic acid groups (broad SMARTS) is 1. The Balaban J connectivity index is 3.53. The number of nitrogens with zero attached hydrogens (tertiary/aromatic N) is 1. The van der Waals surface area contributed by atoms with E-state index in [-0.39, 0.29) is 19.0 Å². The maximum absolute atomic E-state index is 11.4. The second-order valence-electron chi connectivity index (χ2n) is 3.81. The van der Waals surface area contributed by atoms with Gasteiger partial charge in [-0.1, -0.05) is 0 Å². The summed E-state index contributed by atoms with van der Waals surface area (Å²) < 4.78 is 0. The molecule has 0 heterocycles. The van der Waals surface area contributed by atoms with Crippen LogP contribution in [0.25, 0.3) is 0 Å². The molecule has 0 fully saturated rings. The Hall–Kier alpha value is -1.30. The van der Waals surface area contributed by atoms with Crippen molar-refractivity contribution >= 4 is 12.0 Å². The van der Waals surface area contributed by atoms with Crippen LogP contribution in [0.2, 0.25) is 0 Å². The Labute approximate surface area is 95.2 Å². The number of hydrogen-bond donors (Lipinski definition) is 3. The number of aliphatic hydroxyl groups excluding tert-OH is 1. The smallest absolute Gasteiger partial charge is 0.317 e. The first kappa shape index (κ1) is 14.7. The zero-order valence-corrected chi connectivity index (χ0v) is 9.77. The molecule has 0 aliphatic heterocycles. The lowest BCUT2D eigenvalue weighted by Crippen LogP contribution is -2.41. The molecule has 1 unspecified atom stereocenters. The van der Waals surface area contributed by atoms with Gasteiger partial charge in [-0.05, 0) is 19.8 Å². The number of aliphatic hydroxyl groups is 1. The van der Waals surface area contributed by atoms with Gasteiger partial charge in [0.25, 0.3) is 0 Å². The van der Waals surface area contributed by atoms with Crippen molar-refractivity contribution in [3.05, 3.63) is 0 Å². The van der Waals surface area contributed by atoms with Gasteiger partial charge in [-0.25, -0.2) is 4.79 Å². The largest absolute Gasteiger partial charge is 0.481 e. The number of rotatable bonds is 7. The van der Waals surface area contributed by atoms with E-state index >= 15 is 0 Å². The number of carbonyl (C=O) groups is 2. The van der Waals surface area contributed by atoms with Crippen LogP contribution in [0, 0.1) is 0 Å². The lowest BCUT2D eigenvalue weighted by atomic mass is 10.2. The average Bonchev–Trinajstić information content (AvgIpc) is 2.15. The van der Waals surface area contributed by atoms with Crippen LogP contribution in [-0.2, 0) is 4.79 Å². The number of urea groups is 1. The SMILES string of the molecule is CC(O)CN(C)C(=O)NCCCCC(=O)O. The number of amides is 2. The molecule has 0 bridgehead atoms. The minimum Gasteiger partial charge on any atom is -0.481 e. The van der Waals surface area contributed by atoms with Crippen LogP contribution in [0.1, 0.15) is 26.2 Å². The summed E-state index contributed by atoms with van der Waals surface area (Å²) in [5.74, 6) is -0.822. The van der Waals surface area contributed by atoms with Gasteiger partial charge in [0.1, 0.15) is 0 Å². The topological polar surface area (TPSA) is 89.9 Å². The highest BCUT2D eigenvalue weighted by molar-refractivity contribution is 5.73. The summed E-state index contributed by atoms with van der Waals surface area (Å²) in [4.78, 5) is 23.0. The molecule has 0 spiro atoms. The summed E-state index contributed by atoms with van der Waals surface area (Å²) in [6.45, 7) is 2.34. The van der Waals surface area contributed by atoms with E-state index in [1.54, 1.807) is 14.0 Å². The molecule has 0 saturated carbocycles. The molecular weight excluding hydrogens is 212 g/mol. The van der Waals surface area contributed by atoms with Gasteiger partial charge < -0.3 is 20.4 Å². The Morgan fingerprint density at radius 1 is 1.38 bits per heavy atom. The standard InChI is InChI=1S/C10H20N2O4/c1-8(13)7-12(2)10(16)11-6-4-3-5-9(14)15/h8,13H,3-7H2,1-2H3,(H,11,16)(H,14,15). The number of carbonyl (C=O) groups excluding carboxylic acids is 1. The highest BCUT2D eigenvalue weighted by Crippen LogP contribution is 1.94. The van der Waals surface area contributed by atoms with E-state index in [9.17, 15) is 9.59 Å². The van der Waals surface area contributed by atoms with E-state index in [0.29, 0.717) is 19.4 Å². The fraction of sp³-hybridized carbons (Fsp3) is 0.800. The first-order valence-electron chi connectivity index (χ1n) is 5.32. The van der Waals surface area contributed by atoms with Gasteiger partial charge >= 0.3 is 12.0 Å². The van der Waals surface area contributed by atoms with Crippen molar-refractivity contribution in [2.75, 3.05) is 20.1 Å². The lowest BCUT2D eigenvalue weighted by molar-refractivity contribution is -0.137. The molecule has 0 radical (unpaired) electrons. The van der Waals surface area contributed by atoms with Gasteiger partial charge in [-0.2, -0.15) is 0 Å². The summed E-state index contributed by atoms with van der Waals surface area (Å²) in [6, 6.07) is -0.253. The van der Waals surface area contributed by atoms with Crippen LogP contribution in [0.4, 0.5) is 4.79 Å². The molecule has 3 N–H and O–H groups in total. The monoisotopic (exact) mass is 232 g/mol. The number of aliphatic carboxylic acids is 1. The number of hydrogen-bond acceptors (Lipinski definition) is 3. The van der Waals surface area contributed by atoms with Crippen molar-refractivity contribution in [2.45, 2.75) is 32.3 Å². The van der Waals surface area contributed by atoms with E-state index in [4.69, 9.17) is 10.2 Å². The molecule has 0 rings (SSSR count). The molecule has 6 heteroatoms. The lowest BCUT2D eigenvalue weighted by Gasteiger charge is -2.19. The second-order valence-corrected chi connectivity index (χ2v) is 3.81. The maximum Gasteiger partial charge on any atom is 0.317 e. The van der Waals surface area contributed by atoms with Gasteiger partial charge in [-0.15, -0.1) is 0 Å². The third-order valence-corrected chi connectivity index (χ3v) is 1.98. The van der Waals surface area contributed by atoms with Gasteiger partial charge in [0.05, 0.1) is 6.10 Å². The fourth-order valence-corrected chi connectivity index (χ4v) is 1.21. The van der Waals surface area contributed by atoms with Gasteiger partial charge in [0.15, 0.2) is 0 Å². The minimum atomic E-state index is -0.822. The fourth-order valence-electron chi connectivity index (χ4n) is 1.21. The number of nitrogens with one attached hydrogen (secondary N) is 1. The molecule has 0 aliphatic rings. The van der Waals surface area contributed by atoms with Crippen LogP contribution < -0.4 is 5.32 Å². The third kappa shape index (κ3) is 8.05. The van der Waals surface area contributed by atoms with Crippen molar-refractivity contribution in [3.63, 3.8) is 0 Å². The normalized spacial score (nSPS) is 11.9. The molecule has 0 aromatic carbocycles. The van der Waals surface area contributed by atoms with Crippen LogP contribution in [0.3, 0.4) is 0 Å². The predicted molar refractivity (Wildman–Crippen MR) is 59.2 cm³/mol. The Morgan fingerprint density at radius 3 is 2.50 bits per heavy atom. The van der Waals surface area contributed by atoms with E-state index in [1.165, 1.54) is 4.90 Å². The molecule has 94 valence electrons. The van der Waals surface area contributed by atoms with Crippen molar-refractivity contribution in [1.29, 1.82) is 0 Å². The zero-order chi connectivity index (χ0) is 12.6. The molecule has 16 heavy (non-hydrogen) atoms. The summed E-state index contributed by atoms with van der Waals surface area (Å²) >= 11 is 0. The molecule has 1 atom stereocenters. The molecule has 0 saturated heterocycles. The van der Waals surface area contributed by atoms with Crippen molar-refractivity contribution in [3.8, 4) is 0 Å². The first-order chi connectivity index (χ1) is 7.43. The number of carboxylic acids is 1. The summed E-state index contributed by atoms with van der Waals surface area (Å²) in [5, 5.41) is 20.1. The summed E-state index contributed by atoms with van der Waals surface area (Å²) in [7, 11) is 1.60. The summed E-state index contributed by atoms with van der Waals surface area (Å²) in [6.07, 6.45) is 0.762. The number of likely N-dealkylation sites (N-methyl/N-ethyl adjacent to an activating group) is 1. The summed E-state index contributed by atoms with van der Waals surface area (Å²) in [5.41, 5.74) is 0. The predicted octanol–water partition coefficient (Wildman–Crippen LogP) is 0.263. The second kappa shape index (κ2) is 7.92. The maximum atomic E-state index is 11.4. The van der Waals surface area contributed by atoms with Gasteiger partial charge in [-0.3, -0.25) is 4.79 Å². The van der Waals surface area contributed by atoms with Crippen molar-refractivity contribution in [2.24, 2.45) is 0 Å². The third-order valence-electron chi connectivity index (χ3n) is 1.98. The first-order valence-corrected chi connectivity index (χ1v) is 5.32. The van der Waals surface area contributed by atoms with Crippen LogP contribution in [0.5, 0.6) is 0 Å². The van der Waals surface area contributed by atoms with Gasteiger partial charge in [0.2, 0.25) is 0 Å². The quantitative estimate of drug-likeness (QED) is 0.549. The van der Waals surface area contributed by atoms with E-state index in [1.807, 2.05) is 0 Å². The molecule has 0 aromatic rings. The highest BCUT2D eigenvalue weighted by Gasteiger charge is 2.09. The van der Waals surface area contributed by atoms with Crippen molar-refractivity contribution < 1.29 is 19.8 Å². The molecule has 0 aliphatic carbocycles. The Morgan fingerprint density at radius 2 is 2.00 bits per heavy atom. The van der Waals surface area contributed by atoms with Crippen LogP contribution in [-0.4, -0.2) is 53.4 Å². The highest BCUT2D eigenvalue weighted by atomic mass is 16.4. The minimum absolute atomic E-state index is 0.124. The molecule has 6 nitrogen and oxygen atoms in total. The van der Waals surface area contributed by atoms with Crippen LogP contribution >= 0.6 is 0 Å². The van der Waals surface area contributed by atoms with E-state index < -0.39 is 12.1 Å².